The second-order valence-electron chi connectivity index (χ2n) is 7.16. The fraction of sp³-hybridized carbons (Fsp3) is 0.733. The van der Waals surface area contributed by atoms with Gasteiger partial charge >= 0.3 is 6.09 Å². The first-order valence-electron chi connectivity index (χ1n) is 7.38. The highest BCUT2D eigenvalue weighted by Gasteiger charge is 2.43. The number of halogens is 1. The van der Waals surface area contributed by atoms with Gasteiger partial charge in [-0.2, -0.15) is 0 Å². The molecule has 3 rings (SSSR count). The van der Waals surface area contributed by atoms with Gasteiger partial charge in [-0.05, 0) is 51.9 Å². The number of fused-ring (bicyclic) bond motifs is 1. The van der Waals surface area contributed by atoms with Crippen LogP contribution < -0.4 is 0 Å². The minimum atomic E-state index is -0.426. The van der Waals surface area contributed by atoms with Crippen LogP contribution in [0.2, 0.25) is 4.47 Å². The molecule has 0 bridgehead atoms. The summed E-state index contributed by atoms with van der Waals surface area (Å²) < 4.78 is 6.10. The van der Waals surface area contributed by atoms with E-state index < -0.39 is 5.60 Å². The standard InChI is InChI=1S/C15H21ClN2O2S/c1-14(2,3)20-13(19)18-6-4-15(5-7-18)8-10-11(9-15)21-12(16)17-10/h4-9H2,1-3H3. The Hall–Kier alpha value is -0.810. The van der Waals surface area contributed by atoms with E-state index in [0.717, 1.165) is 38.8 Å². The molecule has 0 unspecified atom stereocenters. The smallest absolute Gasteiger partial charge is 0.410 e. The van der Waals surface area contributed by atoms with Crippen LogP contribution in [0.3, 0.4) is 0 Å². The molecule has 1 spiro atoms. The zero-order valence-corrected chi connectivity index (χ0v) is 14.3. The molecular weight excluding hydrogens is 308 g/mol. The van der Waals surface area contributed by atoms with Crippen LogP contribution in [-0.2, 0) is 17.6 Å². The maximum atomic E-state index is 12.1. The van der Waals surface area contributed by atoms with Crippen LogP contribution in [0, 0.1) is 5.41 Å². The van der Waals surface area contributed by atoms with E-state index in [-0.39, 0.29) is 11.5 Å². The van der Waals surface area contributed by atoms with Crippen LogP contribution in [0.4, 0.5) is 4.79 Å². The quantitative estimate of drug-likeness (QED) is 0.725. The fourth-order valence-electron chi connectivity index (χ4n) is 3.23. The molecule has 1 fully saturated rings. The molecule has 1 aliphatic carbocycles. The van der Waals surface area contributed by atoms with Crippen molar-refractivity contribution in [2.24, 2.45) is 5.41 Å². The Morgan fingerprint density at radius 3 is 2.57 bits per heavy atom. The third-order valence-electron chi connectivity index (χ3n) is 4.31. The Balaban J connectivity index is 1.59. The summed E-state index contributed by atoms with van der Waals surface area (Å²) in [5.74, 6) is 0. The lowest BCUT2D eigenvalue weighted by Gasteiger charge is -2.39. The number of rotatable bonds is 0. The largest absolute Gasteiger partial charge is 0.444 e. The van der Waals surface area contributed by atoms with Gasteiger partial charge in [0.05, 0.1) is 5.69 Å². The molecule has 0 N–H and O–H groups in total. The summed E-state index contributed by atoms with van der Waals surface area (Å²) in [4.78, 5) is 19.7. The lowest BCUT2D eigenvalue weighted by molar-refractivity contribution is 0.0110. The molecule has 116 valence electrons. The maximum Gasteiger partial charge on any atom is 0.410 e. The topological polar surface area (TPSA) is 42.4 Å². The van der Waals surface area contributed by atoms with Crippen LogP contribution in [0.15, 0.2) is 0 Å². The molecule has 1 saturated heterocycles. The van der Waals surface area contributed by atoms with Crippen molar-refractivity contribution in [3.05, 3.63) is 15.0 Å². The van der Waals surface area contributed by atoms with Gasteiger partial charge in [-0.1, -0.05) is 11.6 Å². The van der Waals surface area contributed by atoms with Gasteiger partial charge < -0.3 is 9.64 Å². The Bertz CT molecular complexity index is 531. The molecule has 0 atom stereocenters. The first-order valence-corrected chi connectivity index (χ1v) is 8.58. The summed E-state index contributed by atoms with van der Waals surface area (Å²) in [5.41, 5.74) is 1.04. The van der Waals surface area contributed by atoms with Gasteiger partial charge in [0.2, 0.25) is 0 Å². The molecule has 0 aromatic carbocycles. The maximum absolute atomic E-state index is 12.1. The summed E-state index contributed by atoms with van der Waals surface area (Å²) in [6.45, 7) is 7.26. The van der Waals surface area contributed by atoms with Crippen molar-refractivity contribution in [2.45, 2.75) is 52.1 Å². The molecule has 4 nitrogen and oxygen atoms in total. The molecule has 21 heavy (non-hydrogen) atoms. The van der Waals surface area contributed by atoms with Gasteiger partial charge in [0, 0.05) is 18.0 Å². The van der Waals surface area contributed by atoms with Gasteiger partial charge in [-0.15, -0.1) is 11.3 Å². The minimum absolute atomic E-state index is 0.189. The average molecular weight is 329 g/mol. The normalized spacial score (nSPS) is 20.7. The lowest BCUT2D eigenvalue weighted by atomic mass is 9.76. The molecule has 0 radical (unpaired) electrons. The van der Waals surface area contributed by atoms with Crippen LogP contribution >= 0.6 is 22.9 Å². The summed E-state index contributed by atoms with van der Waals surface area (Å²) in [6, 6.07) is 0. The van der Waals surface area contributed by atoms with Crippen molar-refractivity contribution in [3.8, 4) is 0 Å². The second kappa shape index (κ2) is 5.13. The number of amides is 1. The first-order chi connectivity index (χ1) is 9.76. The van der Waals surface area contributed by atoms with Crippen LogP contribution in [-0.4, -0.2) is 34.7 Å². The van der Waals surface area contributed by atoms with Gasteiger partial charge in [0.15, 0.2) is 4.47 Å². The summed E-state index contributed by atoms with van der Waals surface area (Å²) >= 11 is 7.58. The van der Waals surface area contributed by atoms with E-state index in [0.29, 0.717) is 4.47 Å². The number of ether oxygens (including phenoxy) is 1. The SMILES string of the molecule is CC(C)(C)OC(=O)N1CCC2(CC1)Cc1nc(Cl)sc1C2. The molecule has 2 aliphatic rings. The summed E-state index contributed by atoms with van der Waals surface area (Å²) in [6.07, 6.45) is 3.92. The third-order valence-corrected chi connectivity index (χ3v) is 5.51. The number of hydrogen-bond donors (Lipinski definition) is 0. The number of hydrogen-bond acceptors (Lipinski definition) is 4. The van der Waals surface area contributed by atoms with E-state index in [1.807, 2.05) is 25.7 Å². The number of nitrogens with zero attached hydrogens (tertiary/aromatic N) is 2. The van der Waals surface area contributed by atoms with Crippen LogP contribution in [0.1, 0.15) is 44.2 Å². The van der Waals surface area contributed by atoms with Crippen molar-refractivity contribution >= 4 is 29.0 Å². The Kier molecular flexibility index (Phi) is 3.69. The molecule has 1 aliphatic heterocycles. The lowest BCUT2D eigenvalue weighted by Crippen LogP contribution is -2.45. The zero-order valence-electron chi connectivity index (χ0n) is 12.7. The van der Waals surface area contributed by atoms with Crippen molar-refractivity contribution < 1.29 is 9.53 Å². The predicted molar refractivity (Wildman–Crippen MR) is 84.0 cm³/mol. The Labute approximate surface area is 134 Å². The van der Waals surface area contributed by atoms with E-state index in [9.17, 15) is 4.79 Å². The summed E-state index contributed by atoms with van der Waals surface area (Å²) in [5, 5.41) is 0. The second-order valence-corrected chi connectivity index (χ2v) is 8.82. The fourth-order valence-corrected chi connectivity index (χ4v) is 4.58. The first kappa shape index (κ1) is 15.1. The average Bonchev–Trinajstić information content (AvgIpc) is 2.81. The Morgan fingerprint density at radius 2 is 2.00 bits per heavy atom. The third kappa shape index (κ3) is 3.19. The molecule has 6 heteroatoms. The highest BCUT2D eigenvalue weighted by molar-refractivity contribution is 7.15. The number of aromatic nitrogens is 1. The molecule has 0 saturated carbocycles. The van der Waals surface area contributed by atoms with Crippen molar-refractivity contribution in [1.29, 1.82) is 0 Å². The highest BCUT2D eigenvalue weighted by Crippen LogP contribution is 2.47. The summed E-state index contributed by atoms with van der Waals surface area (Å²) in [7, 11) is 0. The number of carbonyl (C=O) groups is 1. The highest BCUT2D eigenvalue weighted by atomic mass is 35.5. The van der Waals surface area contributed by atoms with Crippen LogP contribution in [0.5, 0.6) is 0 Å². The van der Waals surface area contributed by atoms with Gasteiger partial charge in [-0.3, -0.25) is 0 Å². The number of thiazole rings is 1. The zero-order chi connectivity index (χ0) is 15.3. The molecule has 1 aromatic rings. The number of carbonyl (C=O) groups excluding carboxylic acids is 1. The molecule has 1 amide bonds. The van der Waals surface area contributed by atoms with Gasteiger partial charge in [-0.25, -0.2) is 9.78 Å². The van der Waals surface area contributed by atoms with E-state index in [1.54, 1.807) is 11.3 Å². The van der Waals surface area contributed by atoms with Crippen molar-refractivity contribution in [2.75, 3.05) is 13.1 Å². The van der Waals surface area contributed by atoms with E-state index in [1.165, 1.54) is 10.6 Å². The van der Waals surface area contributed by atoms with E-state index >= 15 is 0 Å². The predicted octanol–water partition coefficient (Wildman–Crippen LogP) is 3.91. The van der Waals surface area contributed by atoms with Gasteiger partial charge in [0.25, 0.3) is 0 Å². The van der Waals surface area contributed by atoms with E-state index in [4.69, 9.17) is 16.3 Å². The number of piperidine rings is 1. The van der Waals surface area contributed by atoms with Crippen molar-refractivity contribution in [1.82, 2.24) is 9.88 Å². The minimum Gasteiger partial charge on any atom is -0.444 e. The van der Waals surface area contributed by atoms with Gasteiger partial charge in [0.1, 0.15) is 5.60 Å². The monoisotopic (exact) mass is 328 g/mol. The number of likely N-dealkylation sites (tertiary alicyclic amines) is 1. The van der Waals surface area contributed by atoms with E-state index in [2.05, 4.69) is 4.98 Å². The molecule has 1 aromatic heterocycles. The van der Waals surface area contributed by atoms with Crippen LogP contribution in [0.25, 0.3) is 0 Å². The Morgan fingerprint density at radius 1 is 1.33 bits per heavy atom. The van der Waals surface area contributed by atoms with Crippen molar-refractivity contribution in [3.63, 3.8) is 0 Å². The molecular formula is C15H21ClN2O2S. The molecule has 2 heterocycles.